The first-order chi connectivity index (χ1) is 9.06. The number of rotatable bonds is 1. The molecule has 0 amide bonds. The van der Waals surface area contributed by atoms with Gasteiger partial charge in [-0.1, -0.05) is 35.9 Å². The minimum atomic E-state index is 1.02. The SMILES string of the molecule is Cc1ccc2cc(-c3c(Br)c(C)nn3C)ccc2c1. The van der Waals surface area contributed by atoms with Gasteiger partial charge in [0.25, 0.3) is 0 Å². The van der Waals surface area contributed by atoms with Crippen LogP contribution >= 0.6 is 15.9 Å². The van der Waals surface area contributed by atoms with Gasteiger partial charge in [-0.15, -0.1) is 0 Å². The Labute approximate surface area is 121 Å². The quantitative estimate of drug-likeness (QED) is 0.641. The van der Waals surface area contributed by atoms with E-state index in [2.05, 4.69) is 64.4 Å². The third kappa shape index (κ3) is 2.08. The summed E-state index contributed by atoms with van der Waals surface area (Å²) in [5.41, 5.74) is 4.62. The molecule has 0 radical (unpaired) electrons. The molecule has 0 aliphatic rings. The summed E-state index contributed by atoms with van der Waals surface area (Å²) in [7, 11) is 1.98. The molecular weight excluding hydrogens is 300 g/mol. The van der Waals surface area contributed by atoms with Gasteiger partial charge in [-0.3, -0.25) is 4.68 Å². The van der Waals surface area contributed by atoms with E-state index >= 15 is 0 Å². The highest BCUT2D eigenvalue weighted by atomic mass is 79.9. The number of hydrogen-bond donors (Lipinski definition) is 0. The number of nitrogens with zero attached hydrogens (tertiary/aromatic N) is 2. The molecule has 0 aliphatic carbocycles. The second kappa shape index (κ2) is 4.49. The molecule has 0 unspecified atom stereocenters. The van der Waals surface area contributed by atoms with E-state index in [1.807, 2.05) is 18.7 Å². The van der Waals surface area contributed by atoms with E-state index in [0.717, 1.165) is 15.9 Å². The summed E-state index contributed by atoms with van der Waals surface area (Å²) in [6.07, 6.45) is 0. The molecule has 0 N–H and O–H groups in total. The monoisotopic (exact) mass is 314 g/mol. The molecule has 0 bridgehead atoms. The van der Waals surface area contributed by atoms with Crippen LogP contribution < -0.4 is 0 Å². The van der Waals surface area contributed by atoms with E-state index in [1.165, 1.54) is 21.9 Å². The molecule has 0 fully saturated rings. The van der Waals surface area contributed by atoms with Crippen molar-refractivity contribution >= 4 is 26.7 Å². The number of aryl methyl sites for hydroxylation is 3. The Hall–Kier alpha value is -1.61. The molecule has 0 saturated heterocycles. The summed E-state index contributed by atoms with van der Waals surface area (Å²) in [6, 6.07) is 13.1. The third-order valence-corrected chi connectivity index (χ3v) is 4.37. The molecule has 3 heteroatoms. The molecule has 0 spiro atoms. The van der Waals surface area contributed by atoms with Gasteiger partial charge >= 0.3 is 0 Å². The maximum atomic E-state index is 4.45. The van der Waals surface area contributed by atoms with Crippen LogP contribution in [0.2, 0.25) is 0 Å². The van der Waals surface area contributed by atoms with Crippen molar-refractivity contribution < 1.29 is 0 Å². The molecule has 19 heavy (non-hydrogen) atoms. The van der Waals surface area contributed by atoms with Crippen LogP contribution in [-0.4, -0.2) is 9.78 Å². The molecule has 2 nitrogen and oxygen atoms in total. The summed E-state index contributed by atoms with van der Waals surface area (Å²) in [4.78, 5) is 0. The van der Waals surface area contributed by atoms with Gasteiger partial charge in [0.2, 0.25) is 0 Å². The van der Waals surface area contributed by atoms with E-state index in [9.17, 15) is 0 Å². The smallest absolute Gasteiger partial charge is 0.0824 e. The van der Waals surface area contributed by atoms with Gasteiger partial charge in [-0.05, 0) is 46.6 Å². The average Bonchev–Trinajstić information content (AvgIpc) is 2.63. The summed E-state index contributed by atoms with van der Waals surface area (Å²) >= 11 is 3.63. The van der Waals surface area contributed by atoms with E-state index in [-0.39, 0.29) is 0 Å². The molecule has 1 heterocycles. The van der Waals surface area contributed by atoms with Gasteiger partial charge in [0.1, 0.15) is 0 Å². The zero-order valence-electron chi connectivity index (χ0n) is 11.2. The molecule has 3 aromatic rings. The van der Waals surface area contributed by atoms with Gasteiger partial charge < -0.3 is 0 Å². The molecule has 1 aromatic heterocycles. The molecule has 0 aliphatic heterocycles. The Balaban J connectivity index is 2.23. The van der Waals surface area contributed by atoms with Crippen molar-refractivity contribution in [2.75, 3.05) is 0 Å². The van der Waals surface area contributed by atoms with Crippen molar-refractivity contribution in [3.8, 4) is 11.3 Å². The first-order valence-corrected chi connectivity index (χ1v) is 7.05. The first kappa shape index (κ1) is 12.4. The number of fused-ring (bicyclic) bond motifs is 1. The largest absolute Gasteiger partial charge is 0.266 e. The lowest BCUT2D eigenvalue weighted by molar-refractivity contribution is 0.764. The van der Waals surface area contributed by atoms with Gasteiger partial charge in [0.15, 0.2) is 0 Å². The van der Waals surface area contributed by atoms with Crippen LogP contribution in [0.25, 0.3) is 22.0 Å². The summed E-state index contributed by atoms with van der Waals surface area (Å²) in [6.45, 7) is 4.13. The lowest BCUT2D eigenvalue weighted by Gasteiger charge is -2.06. The van der Waals surface area contributed by atoms with Crippen molar-refractivity contribution in [2.45, 2.75) is 13.8 Å². The van der Waals surface area contributed by atoms with Gasteiger partial charge in [-0.25, -0.2) is 0 Å². The minimum absolute atomic E-state index is 1.02. The van der Waals surface area contributed by atoms with Crippen LogP contribution in [0.3, 0.4) is 0 Å². The Kier molecular flexibility index (Phi) is 2.94. The average molecular weight is 315 g/mol. The fraction of sp³-hybridized carbons (Fsp3) is 0.188. The van der Waals surface area contributed by atoms with Crippen molar-refractivity contribution in [3.05, 3.63) is 52.1 Å². The number of hydrogen-bond acceptors (Lipinski definition) is 1. The van der Waals surface area contributed by atoms with Crippen molar-refractivity contribution in [3.63, 3.8) is 0 Å². The highest BCUT2D eigenvalue weighted by Gasteiger charge is 2.12. The van der Waals surface area contributed by atoms with E-state index in [4.69, 9.17) is 0 Å². The van der Waals surface area contributed by atoms with E-state index in [1.54, 1.807) is 0 Å². The van der Waals surface area contributed by atoms with Gasteiger partial charge in [0.05, 0.1) is 15.9 Å². The molecule has 96 valence electrons. The summed E-state index contributed by atoms with van der Waals surface area (Å²) < 4.78 is 3.00. The first-order valence-electron chi connectivity index (χ1n) is 6.26. The topological polar surface area (TPSA) is 17.8 Å². The van der Waals surface area contributed by atoms with Crippen molar-refractivity contribution in [1.82, 2.24) is 9.78 Å². The maximum absolute atomic E-state index is 4.45. The Morgan fingerprint density at radius 2 is 1.68 bits per heavy atom. The van der Waals surface area contributed by atoms with Crippen LogP contribution in [0, 0.1) is 13.8 Å². The van der Waals surface area contributed by atoms with E-state index in [0.29, 0.717) is 0 Å². The number of aromatic nitrogens is 2. The van der Waals surface area contributed by atoms with Crippen LogP contribution in [0.4, 0.5) is 0 Å². The van der Waals surface area contributed by atoms with Crippen molar-refractivity contribution in [2.24, 2.45) is 7.05 Å². The number of benzene rings is 2. The van der Waals surface area contributed by atoms with Gasteiger partial charge in [0, 0.05) is 12.6 Å². The zero-order valence-corrected chi connectivity index (χ0v) is 12.8. The molecule has 0 atom stereocenters. The number of halogens is 1. The summed E-state index contributed by atoms with van der Waals surface area (Å²) in [5, 5.41) is 6.99. The normalized spacial score (nSPS) is 11.2. The molecular formula is C16H15BrN2. The molecule has 0 saturated carbocycles. The predicted octanol–water partition coefficient (Wildman–Crippen LogP) is 4.62. The van der Waals surface area contributed by atoms with Crippen molar-refractivity contribution in [1.29, 1.82) is 0 Å². The van der Waals surface area contributed by atoms with Crippen LogP contribution in [0.5, 0.6) is 0 Å². The Bertz CT molecular complexity index is 772. The predicted molar refractivity (Wildman–Crippen MR) is 83.3 cm³/mol. The third-order valence-electron chi connectivity index (χ3n) is 3.42. The second-order valence-electron chi connectivity index (χ2n) is 4.94. The highest BCUT2D eigenvalue weighted by molar-refractivity contribution is 9.10. The fourth-order valence-electron chi connectivity index (χ4n) is 2.46. The maximum Gasteiger partial charge on any atom is 0.0824 e. The standard InChI is InChI=1S/C16H15BrN2/c1-10-4-5-13-9-14(7-6-12(13)8-10)16-15(17)11(2)18-19(16)3/h4-9H,1-3H3. The lowest BCUT2D eigenvalue weighted by atomic mass is 10.0. The zero-order chi connectivity index (χ0) is 13.6. The Morgan fingerprint density at radius 3 is 2.37 bits per heavy atom. The van der Waals surface area contributed by atoms with Crippen LogP contribution in [0.15, 0.2) is 40.9 Å². The fourth-order valence-corrected chi connectivity index (χ4v) is 3.02. The van der Waals surface area contributed by atoms with E-state index < -0.39 is 0 Å². The summed E-state index contributed by atoms with van der Waals surface area (Å²) in [5.74, 6) is 0. The molecule has 3 rings (SSSR count). The minimum Gasteiger partial charge on any atom is -0.266 e. The van der Waals surface area contributed by atoms with Crippen LogP contribution in [-0.2, 0) is 7.05 Å². The lowest BCUT2D eigenvalue weighted by Crippen LogP contribution is -1.94. The molecule has 2 aromatic carbocycles. The van der Waals surface area contributed by atoms with Crippen LogP contribution in [0.1, 0.15) is 11.3 Å². The Morgan fingerprint density at radius 1 is 1.00 bits per heavy atom. The van der Waals surface area contributed by atoms with Gasteiger partial charge in [-0.2, -0.15) is 5.10 Å². The highest BCUT2D eigenvalue weighted by Crippen LogP contribution is 2.32. The second-order valence-corrected chi connectivity index (χ2v) is 5.73.